The maximum absolute atomic E-state index is 11.1. The standard InChI is InChI=1S/C16H17NO/c18-15-8-10-17(11-9-15)12-14-6-3-5-13-4-1-2-7-16(13)14/h1-2,4,7-11,14H,3,5-6,12H2. The van der Waals surface area contributed by atoms with Crippen molar-refractivity contribution in [1.29, 1.82) is 0 Å². The van der Waals surface area contributed by atoms with Gasteiger partial charge in [0.05, 0.1) is 0 Å². The fourth-order valence-corrected chi connectivity index (χ4v) is 2.86. The van der Waals surface area contributed by atoms with Crippen molar-refractivity contribution in [3.63, 3.8) is 0 Å². The molecular formula is C16H17NO. The molecule has 0 saturated carbocycles. The van der Waals surface area contributed by atoms with Crippen molar-refractivity contribution >= 4 is 0 Å². The highest BCUT2D eigenvalue weighted by Crippen LogP contribution is 2.32. The molecule has 1 aromatic heterocycles. The van der Waals surface area contributed by atoms with Gasteiger partial charge in [0.15, 0.2) is 5.43 Å². The smallest absolute Gasteiger partial charge is 0.181 e. The molecule has 3 rings (SSSR count). The molecule has 2 nitrogen and oxygen atoms in total. The summed E-state index contributed by atoms with van der Waals surface area (Å²) in [4.78, 5) is 11.1. The summed E-state index contributed by atoms with van der Waals surface area (Å²) in [7, 11) is 0. The van der Waals surface area contributed by atoms with Gasteiger partial charge < -0.3 is 4.57 Å². The fraction of sp³-hybridized carbons (Fsp3) is 0.312. The molecule has 1 atom stereocenters. The highest BCUT2D eigenvalue weighted by atomic mass is 16.1. The van der Waals surface area contributed by atoms with Crippen LogP contribution in [0, 0.1) is 0 Å². The molecular weight excluding hydrogens is 222 g/mol. The Hall–Kier alpha value is -1.83. The van der Waals surface area contributed by atoms with Crippen molar-refractivity contribution < 1.29 is 0 Å². The lowest BCUT2D eigenvalue weighted by atomic mass is 9.83. The highest BCUT2D eigenvalue weighted by Gasteiger charge is 2.19. The van der Waals surface area contributed by atoms with Gasteiger partial charge in [-0.05, 0) is 30.4 Å². The first-order valence-corrected chi connectivity index (χ1v) is 6.57. The summed E-state index contributed by atoms with van der Waals surface area (Å²) in [6, 6.07) is 12.0. The summed E-state index contributed by atoms with van der Waals surface area (Å²) in [6.07, 6.45) is 7.49. The molecule has 1 heterocycles. The van der Waals surface area contributed by atoms with Crippen LogP contribution in [0.3, 0.4) is 0 Å². The minimum absolute atomic E-state index is 0.0790. The third-order valence-electron chi connectivity index (χ3n) is 3.79. The van der Waals surface area contributed by atoms with E-state index in [-0.39, 0.29) is 5.43 Å². The van der Waals surface area contributed by atoms with Gasteiger partial charge in [0.25, 0.3) is 0 Å². The average molecular weight is 239 g/mol. The van der Waals surface area contributed by atoms with Gasteiger partial charge in [0, 0.05) is 37.0 Å². The molecule has 1 unspecified atom stereocenters. The zero-order chi connectivity index (χ0) is 12.4. The number of hydrogen-bond acceptors (Lipinski definition) is 1. The van der Waals surface area contributed by atoms with Gasteiger partial charge in [0.2, 0.25) is 0 Å². The number of rotatable bonds is 2. The number of aromatic nitrogens is 1. The van der Waals surface area contributed by atoms with Gasteiger partial charge in [0.1, 0.15) is 0 Å². The van der Waals surface area contributed by atoms with E-state index in [1.165, 1.54) is 30.4 Å². The van der Waals surface area contributed by atoms with Gasteiger partial charge >= 0.3 is 0 Å². The van der Waals surface area contributed by atoms with E-state index in [0.29, 0.717) is 5.92 Å². The van der Waals surface area contributed by atoms with Crippen LogP contribution in [-0.2, 0) is 13.0 Å². The Morgan fingerprint density at radius 3 is 2.72 bits per heavy atom. The largest absolute Gasteiger partial charge is 0.353 e. The van der Waals surface area contributed by atoms with Crippen LogP contribution >= 0.6 is 0 Å². The van der Waals surface area contributed by atoms with Gasteiger partial charge in [-0.1, -0.05) is 24.3 Å². The number of benzene rings is 1. The molecule has 0 saturated heterocycles. The molecule has 0 N–H and O–H groups in total. The van der Waals surface area contributed by atoms with Crippen molar-refractivity contribution in [2.45, 2.75) is 31.7 Å². The number of aryl methyl sites for hydroxylation is 1. The number of nitrogens with zero attached hydrogens (tertiary/aromatic N) is 1. The third-order valence-corrected chi connectivity index (χ3v) is 3.79. The van der Waals surface area contributed by atoms with Crippen LogP contribution in [0.25, 0.3) is 0 Å². The number of fused-ring (bicyclic) bond motifs is 1. The fourth-order valence-electron chi connectivity index (χ4n) is 2.86. The van der Waals surface area contributed by atoms with Crippen molar-refractivity contribution in [2.24, 2.45) is 0 Å². The molecule has 1 aliphatic rings. The minimum Gasteiger partial charge on any atom is -0.353 e. The predicted molar refractivity (Wildman–Crippen MR) is 72.8 cm³/mol. The first-order valence-electron chi connectivity index (χ1n) is 6.57. The zero-order valence-electron chi connectivity index (χ0n) is 10.4. The highest BCUT2D eigenvalue weighted by molar-refractivity contribution is 5.32. The molecule has 2 heteroatoms. The van der Waals surface area contributed by atoms with E-state index < -0.39 is 0 Å². The molecule has 18 heavy (non-hydrogen) atoms. The lowest BCUT2D eigenvalue weighted by Gasteiger charge is -2.26. The van der Waals surface area contributed by atoms with E-state index >= 15 is 0 Å². The van der Waals surface area contributed by atoms with Crippen molar-refractivity contribution in [3.05, 3.63) is 70.1 Å². The Morgan fingerprint density at radius 2 is 1.89 bits per heavy atom. The second kappa shape index (κ2) is 4.81. The Labute approximate surface area is 107 Å². The summed E-state index contributed by atoms with van der Waals surface area (Å²) in [6.45, 7) is 0.970. The Kier molecular flexibility index (Phi) is 3.01. The second-order valence-electron chi connectivity index (χ2n) is 5.02. The Balaban J connectivity index is 1.86. The number of pyridine rings is 1. The van der Waals surface area contributed by atoms with Crippen molar-refractivity contribution in [1.82, 2.24) is 4.57 Å². The molecule has 92 valence electrons. The van der Waals surface area contributed by atoms with Gasteiger partial charge in [-0.3, -0.25) is 4.79 Å². The Bertz CT molecular complexity index is 580. The number of hydrogen-bond donors (Lipinski definition) is 0. The first kappa shape index (κ1) is 11.3. The van der Waals surface area contributed by atoms with Crippen molar-refractivity contribution in [2.75, 3.05) is 0 Å². The summed E-state index contributed by atoms with van der Waals surface area (Å²) in [5.41, 5.74) is 3.06. The summed E-state index contributed by atoms with van der Waals surface area (Å²) < 4.78 is 2.12. The van der Waals surface area contributed by atoms with Crippen molar-refractivity contribution in [3.8, 4) is 0 Å². The molecule has 0 bridgehead atoms. The summed E-state index contributed by atoms with van der Waals surface area (Å²) >= 11 is 0. The predicted octanol–water partition coefficient (Wildman–Crippen LogP) is 2.97. The SMILES string of the molecule is O=c1ccn(CC2CCCc3ccccc32)cc1. The van der Waals surface area contributed by atoms with Gasteiger partial charge in [-0.25, -0.2) is 0 Å². The zero-order valence-corrected chi connectivity index (χ0v) is 10.4. The van der Waals surface area contributed by atoms with E-state index in [0.717, 1.165) is 6.54 Å². The Morgan fingerprint density at radius 1 is 1.11 bits per heavy atom. The van der Waals surface area contributed by atoms with Crippen LogP contribution in [0.1, 0.15) is 29.9 Å². The van der Waals surface area contributed by atoms with Gasteiger partial charge in [-0.2, -0.15) is 0 Å². The molecule has 0 spiro atoms. The normalized spacial score (nSPS) is 18.3. The molecule has 0 aliphatic heterocycles. The summed E-state index contributed by atoms with van der Waals surface area (Å²) in [5, 5.41) is 0. The molecule has 0 fully saturated rings. The van der Waals surface area contributed by atoms with E-state index in [2.05, 4.69) is 28.8 Å². The van der Waals surface area contributed by atoms with Crippen LogP contribution in [0.2, 0.25) is 0 Å². The van der Waals surface area contributed by atoms with Crippen LogP contribution in [0.4, 0.5) is 0 Å². The van der Waals surface area contributed by atoms with Crippen LogP contribution < -0.4 is 5.43 Å². The van der Waals surface area contributed by atoms with E-state index in [1.54, 1.807) is 12.1 Å². The lowest BCUT2D eigenvalue weighted by Crippen LogP contribution is -2.16. The van der Waals surface area contributed by atoms with E-state index in [1.807, 2.05) is 12.4 Å². The average Bonchev–Trinajstić information content (AvgIpc) is 2.42. The van der Waals surface area contributed by atoms with Crippen LogP contribution in [0.15, 0.2) is 53.6 Å². The minimum atomic E-state index is 0.0790. The maximum atomic E-state index is 11.1. The van der Waals surface area contributed by atoms with Crippen LogP contribution in [-0.4, -0.2) is 4.57 Å². The van der Waals surface area contributed by atoms with Crippen LogP contribution in [0.5, 0.6) is 0 Å². The maximum Gasteiger partial charge on any atom is 0.181 e. The molecule has 0 amide bonds. The molecule has 1 aliphatic carbocycles. The lowest BCUT2D eigenvalue weighted by molar-refractivity contribution is 0.482. The van der Waals surface area contributed by atoms with E-state index in [4.69, 9.17) is 0 Å². The third kappa shape index (κ3) is 2.23. The topological polar surface area (TPSA) is 22.0 Å². The monoisotopic (exact) mass is 239 g/mol. The molecule has 0 radical (unpaired) electrons. The second-order valence-corrected chi connectivity index (χ2v) is 5.02. The van der Waals surface area contributed by atoms with E-state index in [9.17, 15) is 4.79 Å². The first-order chi connectivity index (χ1) is 8.83. The quantitative estimate of drug-likeness (QED) is 0.789. The molecule has 1 aromatic carbocycles. The van der Waals surface area contributed by atoms with Gasteiger partial charge in [-0.15, -0.1) is 0 Å². The molecule has 2 aromatic rings. The summed E-state index contributed by atoms with van der Waals surface area (Å²) in [5.74, 6) is 0.581.